The minimum atomic E-state index is -3.23. The molecule has 0 radical (unpaired) electrons. The van der Waals surface area contributed by atoms with E-state index in [1.807, 2.05) is 0 Å². The number of likely N-dealkylation sites (tertiary alicyclic amines) is 1. The molecule has 0 spiro atoms. The first-order valence-electron chi connectivity index (χ1n) is 6.97. The van der Waals surface area contributed by atoms with Gasteiger partial charge >= 0.3 is 0 Å². The molecular weight excluding hydrogens is 326 g/mol. The monoisotopic (exact) mass is 340 g/mol. The fraction of sp³-hybridized carbons (Fsp3) is 0.455. The highest BCUT2D eigenvalue weighted by atomic mass is 35.5. The van der Waals surface area contributed by atoms with Crippen LogP contribution in [0.15, 0.2) is 12.4 Å². The maximum absolute atomic E-state index is 14.1. The topological polar surface area (TPSA) is 75.2 Å². The van der Waals surface area contributed by atoms with Gasteiger partial charge in [-0.2, -0.15) is 0 Å². The van der Waals surface area contributed by atoms with Crippen molar-refractivity contribution in [2.24, 2.45) is 0 Å². The van der Waals surface area contributed by atoms with Crippen molar-refractivity contribution in [2.75, 3.05) is 13.1 Å². The van der Waals surface area contributed by atoms with Crippen LogP contribution in [0.4, 0.5) is 8.78 Å². The molecule has 0 aliphatic carbocycles. The molecule has 1 saturated heterocycles. The molecule has 1 aromatic rings. The Hall–Kier alpha value is -1.64. The summed E-state index contributed by atoms with van der Waals surface area (Å²) in [6.45, 7) is -1.00. The van der Waals surface area contributed by atoms with Crippen LogP contribution in [-0.2, 0) is 4.79 Å². The molecule has 12 heteroatoms. The predicted molar refractivity (Wildman–Crippen MR) is 88.1 cm³/mol. The van der Waals surface area contributed by atoms with Gasteiger partial charge in [-0.1, -0.05) is 11.6 Å². The highest BCUT2D eigenvalue weighted by Gasteiger charge is 2.51. The van der Waals surface area contributed by atoms with E-state index in [1.165, 1.54) is 12.4 Å². The second-order valence-electron chi connectivity index (χ2n) is 6.42. The lowest BCUT2D eigenvalue weighted by molar-refractivity contribution is -0.130. The summed E-state index contributed by atoms with van der Waals surface area (Å²) in [6, 6.07) is -1.50. The molecule has 0 bridgehead atoms. The Morgan fingerprint density at radius 3 is 2.52 bits per heavy atom. The lowest BCUT2D eigenvalue weighted by Crippen LogP contribution is -2.47. The van der Waals surface area contributed by atoms with Crippen LogP contribution >= 0.6 is 11.6 Å². The maximum atomic E-state index is 14.1. The number of carbonyl (C=O) groups excluding carboxylic acids is 2. The van der Waals surface area contributed by atoms with Gasteiger partial charge in [0.15, 0.2) is 10.8 Å². The molecule has 1 atom stereocenters. The predicted octanol–water partition coefficient (Wildman–Crippen LogP) is -2.32. The lowest BCUT2D eigenvalue weighted by atomic mass is 9.42. The third-order valence-electron chi connectivity index (χ3n) is 3.42. The van der Waals surface area contributed by atoms with Gasteiger partial charge in [0.05, 0.1) is 6.54 Å². The quantitative estimate of drug-likeness (QED) is 0.627. The summed E-state index contributed by atoms with van der Waals surface area (Å²) in [5.74, 6) is -4.48. The van der Waals surface area contributed by atoms with Crippen molar-refractivity contribution in [1.29, 1.82) is 0 Å². The van der Waals surface area contributed by atoms with Crippen LogP contribution in [0.25, 0.3) is 0 Å². The minimum absolute atomic E-state index is 0.172. The smallest absolute Gasteiger partial charge is 0.286 e. The number of halogens is 3. The van der Waals surface area contributed by atoms with Crippen molar-refractivity contribution >= 4 is 47.0 Å². The molecular formula is C11H14B3ClF2N4O2. The van der Waals surface area contributed by atoms with Crippen molar-refractivity contribution in [3.05, 3.63) is 23.2 Å². The zero-order chi connectivity index (χ0) is 17.4. The molecule has 2 rings (SSSR count). The number of hydrogen-bond donors (Lipinski definition) is 1. The number of carbonyl (C=O) groups is 2. The van der Waals surface area contributed by atoms with Crippen LogP contribution in [0.2, 0.25) is 10.3 Å². The molecule has 6 nitrogen and oxygen atoms in total. The summed E-state index contributed by atoms with van der Waals surface area (Å²) >= 11 is 5.73. The van der Waals surface area contributed by atoms with Gasteiger partial charge in [0.25, 0.3) is 11.8 Å². The molecule has 1 fully saturated rings. The SMILES string of the molecule is BC(B)(B)C(=O)N1CC(NC(=O)c2nccnc2Cl)C(F)(F)C1. The van der Waals surface area contributed by atoms with Crippen LogP contribution in [0, 0.1) is 0 Å². The van der Waals surface area contributed by atoms with E-state index in [9.17, 15) is 18.4 Å². The Bertz CT molecular complexity index is 644. The van der Waals surface area contributed by atoms with Crippen LogP contribution in [0.1, 0.15) is 10.5 Å². The summed E-state index contributed by atoms with van der Waals surface area (Å²) < 4.78 is 28.2. The summed E-state index contributed by atoms with van der Waals surface area (Å²) in [7, 11) is 4.95. The van der Waals surface area contributed by atoms with Crippen molar-refractivity contribution in [1.82, 2.24) is 20.2 Å². The second-order valence-corrected chi connectivity index (χ2v) is 6.78. The van der Waals surface area contributed by atoms with E-state index >= 15 is 0 Å². The van der Waals surface area contributed by atoms with E-state index < -0.39 is 35.4 Å². The molecule has 1 aliphatic rings. The van der Waals surface area contributed by atoms with Crippen molar-refractivity contribution in [3.8, 4) is 0 Å². The first kappa shape index (κ1) is 17.7. The van der Waals surface area contributed by atoms with Gasteiger partial charge in [0, 0.05) is 18.9 Å². The number of nitrogens with one attached hydrogen (secondary N) is 1. The number of aromatic nitrogens is 2. The highest BCUT2D eigenvalue weighted by molar-refractivity contribution is 6.68. The van der Waals surface area contributed by atoms with E-state index in [4.69, 9.17) is 11.6 Å². The first-order chi connectivity index (χ1) is 10.5. The van der Waals surface area contributed by atoms with E-state index in [-0.39, 0.29) is 17.4 Å². The van der Waals surface area contributed by atoms with Gasteiger partial charge in [0.1, 0.15) is 29.6 Å². The standard InChI is InChI=1S/C11H14B3ClF2N4O2/c12-11(13,14)9(23)21-3-5(10(16,17)4-21)20-8(22)6-7(15)19-2-1-18-6/h1-2,5H,3-4,12-14H2,(H,20,22). The van der Waals surface area contributed by atoms with Crippen molar-refractivity contribution < 1.29 is 18.4 Å². The number of nitrogens with zero attached hydrogens (tertiary/aromatic N) is 3. The zero-order valence-corrected chi connectivity index (χ0v) is 13.7. The summed E-state index contributed by atoms with van der Waals surface area (Å²) in [5, 5.41) is 1.25. The normalized spacial score (nSPS) is 20.3. The van der Waals surface area contributed by atoms with Crippen LogP contribution in [0.3, 0.4) is 0 Å². The van der Waals surface area contributed by atoms with Gasteiger partial charge in [-0.25, -0.2) is 18.7 Å². The molecule has 120 valence electrons. The van der Waals surface area contributed by atoms with E-state index in [1.54, 1.807) is 23.5 Å². The lowest BCUT2D eigenvalue weighted by Gasteiger charge is -2.25. The summed E-state index contributed by atoms with van der Waals surface area (Å²) in [5.41, 5.74) is -0.231. The van der Waals surface area contributed by atoms with E-state index in [0.717, 1.165) is 4.90 Å². The third-order valence-corrected chi connectivity index (χ3v) is 3.69. The number of rotatable bonds is 3. The Balaban J connectivity index is 2.13. The van der Waals surface area contributed by atoms with Gasteiger partial charge in [-0.3, -0.25) is 9.59 Å². The number of hydrogen-bond acceptors (Lipinski definition) is 4. The molecule has 2 heterocycles. The Morgan fingerprint density at radius 1 is 1.35 bits per heavy atom. The minimum Gasteiger partial charge on any atom is -0.340 e. The fourth-order valence-electron chi connectivity index (χ4n) is 2.26. The molecule has 1 N–H and O–H groups in total. The average Bonchev–Trinajstić information content (AvgIpc) is 2.72. The third kappa shape index (κ3) is 3.83. The molecule has 1 aliphatic heterocycles. The largest absolute Gasteiger partial charge is 0.340 e. The van der Waals surface area contributed by atoms with Crippen LogP contribution in [-0.4, -0.2) is 75.3 Å². The van der Waals surface area contributed by atoms with Gasteiger partial charge in [-0.05, 0) is 5.11 Å². The average molecular weight is 340 g/mol. The van der Waals surface area contributed by atoms with E-state index in [0.29, 0.717) is 0 Å². The zero-order valence-electron chi connectivity index (χ0n) is 12.9. The molecule has 2 amide bonds. The van der Waals surface area contributed by atoms with Gasteiger partial charge < -0.3 is 10.2 Å². The maximum Gasteiger partial charge on any atom is 0.286 e. The number of alkyl halides is 2. The Labute approximate surface area is 139 Å². The molecule has 23 heavy (non-hydrogen) atoms. The summed E-state index contributed by atoms with van der Waals surface area (Å²) in [4.78, 5) is 32.7. The second kappa shape index (κ2) is 6.11. The fourth-order valence-corrected chi connectivity index (χ4v) is 2.45. The molecule has 0 saturated carbocycles. The molecule has 1 aromatic heterocycles. The highest BCUT2D eigenvalue weighted by Crippen LogP contribution is 2.30. The van der Waals surface area contributed by atoms with Gasteiger partial charge in [-0.15, -0.1) is 0 Å². The van der Waals surface area contributed by atoms with E-state index in [2.05, 4.69) is 15.3 Å². The molecule has 0 aromatic carbocycles. The first-order valence-corrected chi connectivity index (χ1v) is 7.35. The van der Waals surface area contributed by atoms with Crippen LogP contribution < -0.4 is 5.32 Å². The van der Waals surface area contributed by atoms with Gasteiger partial charge in [0.2, 0.25) is 5.91 Å². The Morgan fingerprint density at radius 2 is 1.96 bits per heavy atom. The van der Waals surface area contributed by atoms with Crippen LogP contribution in [0.5, 0.6) is 0 Å². The van der Waals surface area contributed by atoms with Crippen molar-refractivity contribution in [2.45, 2.75) is 17.1 Å². The Kier molecular flexibility index (Phi) is 4.70. The van der Waals surface area contributed by atoms with Crippen molar-refractivity contribution in [3.63, 3.8) is 0 Å². The number of amides is 2. The summed E-state index contributed by atoms with van der Waals surface area (Å²) in [6.07, 6.45) is 2.52. The molecule has 1 unspecified atom stereocenters.